The summed E-state index contributed by atoms with van der Waals surface area (Å²) in [5.41, 5.74) is 1.50. The highest BCUT2D eigenvalue weighted by molar-refractivity contribution is 7.14. The number of aliphatic hydroxyl groups excluding tert-OH is 1. The Morgan fingerprint density at radius 2 is 2.00 bits per heavy atom. The van der Waals surface area contributed by atoms with Gasteiger partial charge in [-0.2, -0.15) is 0 Å². The molecule has 0 bridgehead atoms. The number of ether oxygens (including phenoxy) is 2. The summed E-state index contributed by atoms with van der Waals surface area (Å²) in [6, 6.07) is 1.97. The van der Waals surface area contributed by atoms with Gasteiger partial charge in [-0.1, -0.05) is 25.5 Å². The predicted octanol–water partition coefficient (Wildman–Crippen LogP) is 4.60. The Bertz CT molecular complexity index is 903. The molecule has 2 aliphatic carbocycles. The van der Waals surface area contributed by atoms with Crippen molar-refractivity contribution in [3.8, 4) is 0 Å². The average molecular weight is 462 g/mol. The molecule has 7 heteroatoms. The molecule has 1 saturated carbocycles. The number of nitrogens with zero attached hydrogens (tertiary/aromatic N) is 1. The van der Waals surface area contributed by atoms with Gasteiger partial charge in [0, 0.05) is 22.3 Å². The minimum Gasteiger partial charge on any atom is -0.465 e. The fourth-order valence-corrected chi connectivity index (χ4v) is 6.03. The molecule has 6 nitrogen and oxygen atoms in total. The van der Waals surface area contributed by atoms with Gasteiger partial charge in [0.25, 0.3) is 0 Å². The van der Waals surface area contributed by atoms with Crippen LogP contribution in [0.5, 0.6) is 0 Å². The Hall–Kier alpha value is -1.70. The number of amides is 1. The fourth-order valence-electron chi connectivity index (χ4n) is 4.87. The summed E-state index contributed by atoms with van der Waals surface area (Å²) in [5.74, 6) is -0.408. The third-order valence-electron chi connectivity index (χ3n) is 7.41. The van der Waals surface area contributed by atoms with Crippen molar-refractivity contribution in [1.29, 1.82) is 0 Å². The van der Waals surface area contributed by atoms with Gasteiger partial charge in [-0.25, -0.2) is 4.79 Å². The molecule has 1 amide bonds. The van der Waals surface area contributed by atoms with Gasteiger partial charge in [-0.05, 0) is 57.9 Å². The van der Waals surface area contributed by atoms with Crippen molar-refractivity contribution < 1.29 is 24.2 Å². The lowest BCUT2D eigenvalue weighted by atomic mass is 9.83. The molecule has 1 N–H and O–H groups in total. The second kappa shape index (κ2) is 8.92. The van der Waals surface area contributed by atoms with E-state index in [2.05, 4.69) is 13.0 Å². The topological polar surface area (TPSA) is 79.4 Å². The first kappa shape index (κ1) is 23.5. The largest absolute Gasteiger partial charge is 0.465 e. The van der Waals surface area contributed by atoms with Crippen LogP contribution in [0.15, 0.2) is 17.7 Å². The molecular formula is C25H35NO5S. The van der Waals surface area contributed by atoms with Crippen LogP contribution in [0.3, 0.4) is 0 Å². The fraction of sp³-hybridized carbons (Fsp3) is 0.680. The number of hydrogen-bond donors (Lipinski definition) is 1. The van der Waals surface area contributed by atoms with E-state index in [1.807, 2.05) is 24.8 Å². The molecule has 0 aromatic carbocycles. The van der Waals surface area contributed by atoms with E-state index in [0.717, 1.165) is 56.4 Å². The lowest BCUT2D eigenvalue weighted by molar-refractivity contribution is -0.123. The first-order valence-electron chi connectivity index (χ1n) is 11.7. The zero-order valence-electron chi connectivity index (χ0n) is 19.6. The van der Waals surface area contributed by atoms with Gasteiger partial charge < -0.3 is 19.5 Å². The van der Waals surface area contributed by atoms with Gasteiger partial charge in [0.1, 0.15) is 4.88 Å². The van der Waals surface area contributed by atoms with Gasteiger partial charge in [0.2, 0.25) is 5.91 Å². The van der Waals surface area contributed by atoms with Crippen LogP contribution in [-0.4, -0.2) is 48.9 Å². The lowest BCUT2D eigenvalue weighted by Gasteiger charge is -2.38. The molecule has 1 aromatic heterocycles. The van der Waals surface area contributed by atoms with E-state index in [1.54, 1.807) is 0 Å². The maximum atomic E-state index is 13.9. The van der Waals surface area contributed by atoms with Gasteiger partial charge in [0.05, 0.1) is 31.6 Å². The monoisotopic (exact) mass is 461 g/mol. The Labute approximate surface area is 194 Å². The van der Waals surface area contributed by atoms with Gasteiger partial charge >= 0.3 is 5.97 Å². The summed E-state index contributed by atoms with van der Waals surface area (Å²) in [6.45, 7) is 6.78. The summed E-state index contributed by atoms with van der Waals surface area (Å²) < 4.78 is 10.8. The third-order valence-corrected chi connectivity index (χ3v) is 8.88. The summed E-state index contributed by atoms with van der Waals surface area (Å²) in [7, 11) is 1.37. The maximum Gasteiger partial charge on any atom is 0.350 e. The number of carbonyl (C=O) groups excluding carboxylic acids is 2. The van der Waals surface area contributed by atoms with Crippen LogP contribution >= 0.6 is 11.3 Å². The predicted molar refractivity (Wildman–Crippen MR) is 125 cm³/mol. The Balaban J connectivity index is 1.73. The van der Waals surface area contributed by atoms with Crippen molar-refractivity contribution in [1.82, 2.24) is 0 Å². The van der Waals surface area contributed by atoms with E-state index in [1.165, 1.54) is 24.0 Å². The van der Waals surface area contributed by atoms with Crippen LogP contribution in [0.4, 0.5) is 5.69 Å². The summed E-state index contributed by atoms with van der Waals surface area (Å²) in [6.07, 6.45) is 8.30. The van der Waals surface area contributed by atoms with Crippen LogP contribution < -0.4 is 4.90 Å². The number of rotatable bonds is 6. The summed E-state index contributed by atoms with van der Waals surface area (Å²) >= 11 is 1.33. The molecule has 0 unspecified atom stereocenters. The molecule has 176 valence electrons. The summed E-state index contributed by atoms with van der Waals surface area (Å²) in [5, 5.41) is 9.92. The van der Waals surface area contributed by atoms with Crippen LogP contribution in [-0.2, 0) is 19.7 Å². The molecule has 1 aromatic rings. The summed E-state index contributed by atoms with van der Waals surface area (Å²) in [4.78, 5) is 29.9. The van der Waals surface area contributed by atoms with Gasteiger partial charge in [-0.3, -0.25) is 4.79 Å². The zero-order chi connectivity index (χ0) is 23.1. The van der Waals surface area contributed by atoms with Gasteiger partial charge in [0.15, 0.2) is 0 Å². The van der Waals surface area contributed by atoms with Crippen molar-refractivity contribution in [2.75, 3.05) is 25.2 Å². The standard InChI is InChI=1S/C25H35NO5S/c1-16-5-7-17(8-6-16)22(28)26(18-9-11-25(12-10-18)15-31-25)19-13-20(24(2,3)14-27)32-21(19)23(29)30-4/h5,13,17-18,27H,6-12,14-15H2,1-4H3/t17-,18?,25?/m0/s1. The molecule has 32 heavy (non-hydrogen) atoms. The van der Waals surface area contributed by atoms with E-state index in [4.69, 9.17) is 9.47 Å². The zero-order valence-corrected chi connectivity index (χ0v) is 20.4. The van der Waals surface area contributed by atoms with E-state index in [0.29, 0.717) is 10.6 Å². The number of anilines is 1. The Morgan fingerprint density at radius 3 is 2.53 bits per heavy atom. The van der Waals surface area contributed by atoms with Crippen LogP contribution in [0.1, 0.15) is 80.3 Å². The average Bonchev–Trinajstić information content (AvgIpc) is 3.40. The Kier molecular flexibility index (Phi) is 6.54. The number of epoxide rings is 1. The second-order valence-electron chi connectivity index (χ2n) is 10.3. The smallest absolute Gasteiger partial charge is 0.350 e. The van der Waals surface area contributed by atoms with Gasteiger partial charge in [-0.15, -0.1) is 11.3 Å². The molecule has 0 radical (unpaired) electrons. The third kappa shape index (κ3) is 4.52. The number of carbonyl (C=O) groups is 2. The molecule has 2 heterocycles. The van der Waals surface area contributed by atoms with Crippen LogP contribution in [0, 0.1) is 5.92 Å². The van der Waals surface area contributed by atoms with Crippen LogP contribution in [0.25, 0.3) is 0 Å². The van der Waals surface area contributed by atoms with Crippen molar-refractivity contribution in [3.05, 3.63) is 27.5 Å². The molecule has 2 fully saturated rings. The quantitative estimate of drug-likeness (QED) is 0.381. The maximum absolute atomic E-state index is 13.9. The number of methoxy groups -OCH3 is 1. The highest BCUT2D eigenvalue weighted by Gasteiger charge is 2.49. The highest BCUT2D eigenvalue weighted by Crippen LogP contribution is 2.46. The molecule has 1 spiro atoms. The molecular weight excluding hydrogens is 426 g/mol. The number of hydrogen-bond acceptors (Lipinski definition) is 6. The Morgan fingerprint density at radius 1 is 1.31 bits per heavy atom. The minimum atomic E-state index is -0.510. The first-order valence-corrected chi connectivity index (χ1v) is 12.5. The number of aliphatic hydroxyl groups is 1. The van der Waals surface area contributed by atoms with Crippen molar-refractivity contribution in [2.45, 2.75) is 82.8 Å². The number of allylic oxidation sites excluding steroid dienone is 2. The number of esters is 1. The van der Waals surface area contributed by atoms with Crippen molar-refractivity contribution in [3.63, 3.8) is 0 Å². The van der Waals surface area contributed by atoms with E-state index >= 15 is 0 Å². The molecule has 4 rings (SSSR count). The lowest BCUT2D eigenvalue weighted by Crippen LogP contribution is -2.47. The number of thiophene rings is 1. The molecule has 1 atom stereocenters. The second-order valence-corrected chi connectivity index (χ2v) is 11.3. The first-order chi connectivity index (χ1) is 15.2. The van der Waals surface area contributed by atoms with E-state index in [9.17, 15) is 14.7 Å². The van der Waals surface area contributed by atoms with E-state index < -0.39 is 11.4 Å². The van der Waals surface area contributed by atoms with Crippen LogP contribution in [0.2, 0.25) is 0 Å². The SMILES string of the molecule is COC(=O)c1sc(C(C)(C)CO)cc1N(C(=O)[C@H]1CC=C(C)CC1)C1CCC2(CC1)CO2. The molecule has 1 aliphatic heterocycles. The molecule has 3 aliphatic rings. The van der Waals surface area contributed by atoms with E-state index in [-0.39, 0.29) is 30.1 Å². The molecule has 1 saturated heterocycles. The van der Waals surface area contributed by atoms with Crippen molar-refractivity contribution >= 4 is 28.9 Å². The minimum absolute atomic E-state index is 0.0276. The normalized spacial score (nSPS) is 27.7. The highest BCUT2D eigenvalue weighted by atomic mass is 32.1. The van der Waals surface area contributed by atoms with Crippen molar-refractivity contribution in [2.24, 2.45) is 5.92 Å².